The number of hydrogen-bond acceptors (Lipinski definition) is 6. The van der Waals surface area contributed by atoms with Crippen LogP contribution in [0, 0.1) is 0 Å². The molecular formula is C22H44N2O4. The first-order valence-corrected chi connectivity index (χ1v) is 11.4. The minimum Gasteiger partial charge on any atom is -0.466 e. The Hall–Kier alpha value is -1.14. The highest BCUT2D eigenvalue weighted by molar-refractivity contribution is 5.75. The van der Waals surface area contributed by atoms with Crippen molar-refractivity contribution in [3.63, 3.8) is 0 Å². The summed E-state index contributed by atoms with van der Waals surface area (Å²) in [5.41, 5.74) is 11.2. The van der Waals surface area contributed by atoms with E-state index in [4.69, 9.17) is 20.9 Å². The first kappa shape index (κ1) is 26.9. The highest BCUT2D eigenvalue weighted by atomic mass is 16.5. The van der Waals surface area contributed by atoms with Crippen LogP contribution in [-0.2, 0) is 19.1 Å². The lowest BCUT2D eigenvalue weighted by Crippen LogP contribution is -2.32. The van der Waals surface area contributed by atoms with Gasteiger partial charge in [-0.3, -0.25) is 9.59 Å². The van der Waals surface area contributed by atoms with Gasteiger partial charge < -0.3 is 20.9 Å². The topological polar surface area (TPSA) is 105 Å². The van der Waals surface area contributed by atoms with Crippen molar-refractivity contribution in [1.29, 1.82) is 0 Å². The van der Waals surface area contributed by atoms with Crippen molar-refractivity contribution < 1.29 is 19.1 Å². The predicted molar refractivity (Wildman–Crippen MR) is 114 cm³/mol. The van der Waals surface area contributed by atoms with Crippen LogP contribution < -0.4 is 11.5 Å². The third-order valence-corrected chi connectivity index (χ3v) is 4.80. The second-order valence-corrected chi connectivity index (χ2v) is 7.56. The smallest absolute Gasteiger partial charge is 0.322 e. The Bertz CT molecular complexity index is 378. The van der Waals surface area contributed by atoms with E-state index in [9.17, 15) is 9.59 Å². The van der Waals surface area contributed by atoms with Crippen molar-refractivity contribution in [2.45, 2.75) is 109 Å². The van der Waals surface area contributed by atoms with Crippen molar-refractivity contribution in [3.05, 3.63) is 0 Å². The average Bonchev–Trinajstić information content (AvgIpc) is 2.69. The fourth-order valence-corrected chi connectivity index (χ4v) is 2.95. The zero-order chi connectivity index (χ0) is 20.9. The van der Waals surface area contributed by atoms with Gasteiger partial charge in [0.1, 0.15) is 6.04 Å². The highest BCUT2D eigenvalue weighted by Crippen LogP contribution is 2.09. The zero-order valence-electron chi connectivity index (χ0n) is 18.1. The number of ether oxygens (including phenoxy) is 2. The lowest BCUT2D eigenvalue weighted by molar-refractivity contribution is -0.146. The monoisotopic (exact) mass is 400 g/mol. The largest absolute Gasteiger partial charge is 0.466 e. The highest BCUT2D eigenvalue weighted by Gasteiger charge is 2.13. The summed E-state index contributed by atoms with van der Waals surface area (Å²) in [6.45, 7) is 3.73. The lowest BCUT2D eigenvalue weighted by atomic mass is 10.1. The molecule has 0 saturated carbocycles. The fourth-order valence-electron chi connectivity index (χ4n) is 2.95. The molecule has 0 aromatic carbocycles. The number of rotatable bonds is 20. The molecule has 0 amide bonds. The SMILES string of the molecule is CCCCCCCCCC(=O)OCCCCCCOC(=O)C(N)CCCCN. The molecule has 1 atom stereocenters. The molecule has 0 bridgehead atoms. The molecule has 166 valence electrons. The quantitative estimate of drug-likeness (QED) is 0.234. The van der Waals surface area contributed by atoms with E-state index in [1.807, 2.05) is 0 Å². The van der Waals surface area contributed by atoms with Crippen molar-refractivity contribution in [2.24, 2.45) is 11.5 Å². The molecule has 28 heavy (non-hydrogen) atoms. The normalized spacial score (nSPS) is 12.0. The van der Waals surface area contributed by atoms with Gasteiger partial charge in [0.25, 0.3) is 0 Å². The van der Waals surface area contributed by atoms with Crippen LogP contribution in [0.4, 0.5) is 0 Å². The third-order valence-electron chi connectivity index (χ3n) is 4.80. The van der Waals surface area contributed by atoms with Gasteiger partial charge in [0.05, 0.1) is 13.2 Å². The maximum absolute atomic E-state index is 11.7. The lowest BCUT2D eigenvalue weighted by Gasteiger charge is -2.11. The molecular weight excluding hydrogens is 356 g/mol. The Morgan fingerprint density at radius 1 is 0.750 bits per heavy atom. The minimum absolute atomic E-state index is 0.0777. The Labute approximate surface area is 172 Å². The van der Waals surface area contributed by atoms with E-state index < -0.39 is 6.04 Å². The number of hydrogen-bond donors (Lipinski definition) is 2. The summed E-state index contributed by atoms with van der Waals surface area (Å²) in [7, 11) is 0. The van der Waals surface area contributed by atoms with Crippen LogP contribution in [0.3, 0.4) is 0 Å². The maximum Gasteiger partial charge on any atom is 0.322 e. The van der Waals surface area contributed by atoms with Crippen LogP contribution in [0.15, 0.2) is 0 Å². The van der Waals surface area contributed by atoms with Crippen LogP contribution in [0.1, 0.15) is 103 Å². The van der Waals surface area contributed by atoms with Crippen molar-refractivity contribution >= 4 is 11.9 Å². The Morgan fingerprint density at radius 2 is 1.32 bits per heavy atom. The molecule has 0 aliphatic heterocycles. The van der Waals surface area contributed by atoms with E-state index in [0.717, 1.165) is 51.4 Å². The van der Waals surface area contributed by atoms with E-state index in [1.54, 1.807) is 0 Å². The molecule has 0 rings (SSSR count). The standard InChI is InChI=1S/C22H44N2O4/c1-2-3-4-5-6-7-10-16-21(25)27-18-13-8-9-14-19-28-22(26)20(24)15-11-12-17-23/h20H,2-19,23-24H2,1H3. The summed E-state index contributed by atoms with van der Waals surface area (Å²) in [5, 5.41) is 0. The Morgan fingerprint density at radius 3 is 1.96 bits per heavy atom. The molecule has 4 N–H and O–H groups in total. The Balaban J connectivity index is 3.35. The number of unbranched alkanes of at least 4 members (excludes halogenated alkanes) is 10. The minimum atomic E-state index is -0.540. The second kappa shape index (κ2) is 20.6. The van der Waals surface area contributed by atoms with Gasteiger partial charge in [-0.25, -0.2) is 0 Å². The summed E-state index contributed by atoms with van der Waals surface area (Å²) >= 11 is 0. The molecule has 0 radical (unpaired) electrons. The summed E-state index contributed by atoms with van der Waals surface area (Å²) in [4.78, 5) is 23.3. The first-order valence-electron chi connectivity index (χ1n) is 11.4. The molecule has 6 nitrogen and oxygen atoms in total. The van der Waals surface area contributed by atoms with Gasteiger partial charge in [-0.2, -0.15) is 0 Å². The maximum atomic E-state index is 11.7. The molecule has 0 aliphatic carbocycles. The van der Waals surface area contributed by atoms with Gasteiger partial charge >= 0.3 is 11.9 Å². The Kier molecular flexibility index (Phi) is 19.8. The number of carbonyl (C=O) groups excluding carboxylic acids is 2. The number of nitrogens with two attached hydrogens (primary N) is 2. The third kappa shape index (κ3) is 18.2. The predicted octanol–water partition coefficient (Wildman–Crippen LogP) is 4.23. The van der Waals surface area contributed by atoms with Gasteiger partial charge in [-0.05, 0) is 51.5 Å². The summed E-state index contributed by atoms with van der Waals surface area (Å²) in [5.74, 6) is -0.401. The van der Waals surface area contributed by atoms with Gasteiger partial charge in [0.2, 0.25) is 0 Å². The summed E-state index contributed by atoms with van der Waals surface area (Å²) in [6, 6.07) is -0.540. The van der Waals surface area contributed by atoms with Crippen molar-refractivity contribution in [3.8, 4) is 0 Å². The molecule has 0 aromatic rings. The molecule has 0 fully saturated rings. The molecule has 6 heteroatoms. The molecule has 0 aromatic heterocycles. The van der Waals surface area contributed by atoms with E-state index in [1.165, 1.54) is 32.1 Å². The van der Waals surface area contributed by atoms with Crippen LogP contribution in [-0.4, -0.2) is 37.7 Å². The summed E-state index contributed by atoms with van der Waals surface area (Å²) < 4.78 is 10.4. The van der Waals surface area contributed by atoms with Crippen LogP contribution in [0.5, 0.6) is 0 Å². The van der Waals surface area contributed by atoms with Crippen LogP contribution >= 0.6 is 0 Å². The first-order chi connectivity index (χ1) is 13.6. The second-order valence-electron chi connectivity index (χ2n) is 7.56. The fraction of sp³-hybridized carbons (Fsp3) is 0.909. The molecule has 0 spiro atoms. The zero-order valence-corrected chi connectivity index (χ0v) is 18.1. The number of esters is 2. The van der Waals surface area contributed by atoms with Gasteiger partial charge in [0.15, 0.2) is 0 Å². The number of carbonyl (C=O) groups is 2. The molecule has 0 heterocycles. The van der Waals surface area contributed by atoms with Crippen LogP contribution in [0.25, 0.3) is 0 Å². The van der Waals surface area contributed by atoms with E-state index in [0.29, 0.717) is 32.6 Å². The van der Waals surface area contributed by atoms with E-state index in [2.05, 4.69) is 6.92 Å². The van der Waals surface area contributed by atoms with Gasteiger partial charge in [0, 0.05) is 6.42 Å². The molecule has 0 aliphatic rings. The molecule has 0 saturated heterocycles. The summed E-state index contributed by atoms with van der Waals surface area (Å²) in [6.07, 6.45) is 14.9. The molecule has 1 unspecified atom stereocenters. The van der Waals surface area contributed by atoms with Crippen LogP contribution in [0.2, 0.25) is 0 Å². The van der Waals surface area contributed by atoms with Crippen molar-refractivity contribution in [2.75, 3.05) is 19.8 Å². The van der Waals surface area contributed by atoms with E-state index >= 15 is 0 Å². The average molecular weight is 401 g/mol. The van der Waals surface area contributed by atoms with Gasteiger partial charge in [-0.15, -0.1) is 0 Å². The van der Waals surface area contributed by atoms with Gasteiger partial charge in [-0.1, -0.05) is 51.9 Å². The van der Waals surface area contributed by atoms with Crippen molar-refractivity contribution in [1.82, 2.24) is 0 Å². The van der Waals surface area contributed by atoms with E-state index in [-0.39, 0.29) is 11.9 Å².